The molecular formula is C20H21ClN4O3S. The number of nitrogens with one attached hydrogen (secondary N) is 1. The maximum Gasteiger partial charge on any atom is 0.263 e. The van der Waals surface area contributed by atoms with Crippen LogP contribution in [-0.4, -0.2) is 57.3 Å². The molecule has 7 nitrogen and oxygen atoms in total. The lowest BCUT2D eigenvalue weighted by Gasteiger charge is -2.36. The first-order valence-corrected chi connectivity index (χ1v) is 11.2. The molecule has 2 aliphatic heterocycles. The van der Waals surface area contributed by atoms with E-state index in [0.717, 1.165) is 5.69 Å². The van der Waals surface area contributed by atoms with Crippen LogP contribution in [0, 0.1) is 0 Å². The highest BCUT2D eigenvalue weighted by Crippen LogP contribution is 2.23. The Labute approximate surface area is 175 Å². The first-order chi connectivity index (χ1) is 13.8. The maximum absolute atomic E-state index is 12.9. The summed E-state index contributed by atoms with van der Waals surface area (Å²) in [4.78, 5) is 21.4. The molecule has 0 aliphatic carbocycles. The van der Waals surface area contributed by atoms with Gasteiger partial charge in [0.15, 0.2) is 0 Å². The molecule has 1 N–H and O–H groups in total. The third kappa shape index (κ3) is 3.95. The van der Waals surface area contributed by atoms with Crippen LogP contribution in [0.25, 0.3) is 0 Å². The number of fused-ring (bicyclic) bond motifs is 1. The van der Waals surface area contributed by atoms with Gasteiger partial charge in [-0.2, -0.15) is 0 Å². The van der Waals surface area contributed by atoms with E-state index in [2.05, 4.69) is 14.6 Å². The number of rotatable bonds is 3. The fourth-order valence-electron chi connectivity index (χ4n) is 3.60. The minimum atomic E-state index is -3.62. The summed E-state index contributed by atoms with van der Waals surface area (Å²) in [6.07, 6.45) is 0. The molecule has 2 aromatic rings. The van der Waals surface area contributed by atoms with Crippen molar-refractivity contribution in [2.45, 2.75) is 17.9 Å². The highest BCUT2D eigenvalue weighted by molar-refractivity contribution is 7.90. The van der Waals surface area contributed by atoms with E-state index in [0.29, 0.717) is 36.8 Å². The average Bonchev–Trinajstić information content (AvgIpc) is 2.98. The fourth-order valence-corrected chi connectivity index (χ4v) is 5.02. The third-order valence-corrected chi connectivity index (χ3v) is 6.74. The van der Waals surface area contributed by atoms with Gasteiger partial charge >= 0.3 is 0 Å². The van der Waals surface area contributed by atoms with Gasteiger partial charge in [0.1, 0.15) is 11.9 Å². The summed E-state index contributed by atoms with van der Waals surface area (Å²) in [7, 11) is -3.62. The van der Waals surface area contributed by atoms with E-state index in [-0.39, 0.29) is 16.6 Å². The van der Waals surface area contributed by atoms with Gasteiger partial charge in [-0.15, -0.1) is 0 Å². The SMILES string of the molecule is C[C@H](N=C1NS(=O)(=O)c2ccccc21)C(=O)N1CCN(c2cccc(Cl)c2)CC1. The number of benzene rings is 2. The Balaban J connectivity index is 1.44. The van der Waals surface area contributed by atoms with Gasteiger partial charge < -0.3 is 9.80 Å². The molecule has 9 heteroatoms. The highest BCUT2D eigenvalue weighted by Gasteiger charge is 2.32. The van der Waals surface area contributed by atoms with Crippen LogP contribution >= 0.6 is 11.6 Å². The van der Waals surface area contributed by atoms with Crippen LogP contribution in [0.3, 0.4) is 0 Å². The zero-order chi connectivity index (χ0) is 20.6. The highest BCUT2D eigenvalue weighted by atomic mass is 35.5. The fraction of sp³-hybridized carbons (Fsp3) is 0.300. The van der Waals surface area contributed by atoms with Crippen molar-refractivity contribution in [2.75, 3.05) is 31.1 Å². The summed E-state index contributed by atoms with van der Waals surface area (Å²) < 4.78 is 26.9. The van der Waals surface area contributed by atoms with Crippen molar-refractivity contribution >= 4 is 39.1 Å². The largest absolute Gasteiger partial charge is 0.368 e. The number of hydrogen-bond acceptors (Lipinski definition) is 5. The van der Waals surface area contributed by atoms with E-state index >= 15 is 0 Å². The topological polar surface area (TPSA) is 82.1 Å². The number of aliphatic imine (C=N–C) groups is 1. The van der Waals surface area contributed by atoms with Crippen molar-refractivity contribution in [1.29, 1.82) is 0 Å². The summed E-state index contributed by atoms with van der Waals surface area (Å²) in [5.74, 6) is 0.103. The molecule has 1 fully saturated rings. The lowest BCUT2D eigenvalue weighted by Crippen LogP contribution is -2.51. The Bertz CT molecular complexity index is 1080. The molecule has 0 spiro atoms. The number of piperazine rings is 1. The molecule has 29 heavy (non-hydrogen) atoms. The second-order valence-electron chi connectivity index (χ2n) is 7.05. The number of hydrogen-bond donors (Lipinski definition) is 1. The molecule has 2 aromatic carbocycles. The van der Waals surface area contributed by atoms with E-state index in [9.17, 15) is 13.2 Å². The van der Waals surface area contributed by atoms with E-state index in [1.54, 1.807) is 30.0 Å². The molecular weight excluding hydrogens is 412 g/mol. The summed E-state index contributed by atoms with van der Waals surface area (Å²) >= 11 is 6.07. The molecule has 0 unspecified atom stereocenters. The van der Waals surface area contributed by atoms with Crippen LogP contribution in [0.4, 0.5) is 5.69 Å². The molecule has 0 radical (unpaired) electrons. The zero-order valence-electron chi connectivity index (χ0n) is 15.9. The Hall–Kier alpha value is -2.58. The van der Waals surface area contributed by atoms with Gasteiger partial charge in [-0.1, -0.05) is 29.8 Å². The molecule has 0 aromatic heterocycles. The van der Waals surface area contributed by atoms with Gasteiger partial charge in [-0.25, -0.2) is 8.42 Å². The Kier molecular flexibility index (Phi) is 5.23. The zero-order valence-corrected chi connectivity index (χ0v) is 17.4. The van der Waals surface area contributed by atoms with E-state index < -0.39 is 16.1 Å². The van der Waals surface area contributed by atoms with Crippen LogP contribution in [0.15, 0.2) is 58.4 Å². The van der Waals surface area contributed by atoms with Crippen LogP contribution < -0.4 is 9.62 Å². The standard InChI is InChI=1S/C20H21ClN4O3S/c1-14(22-19-17-7-2-3-8-18(17)29(27,28)23-19)20(26)25-11-9-24(10-12-25)16-6-4-5-15(21)13-16/h2-8,13-14H,9-12H2,1H3,(H,22,23)/t14-/m0/s1. The molecule has 2 heterocycles. The second kappa shape index (κ2) is 7.68. The number of amidine groups is 1. The summed E-state index contributed by atoms with van der Waals surface area (Å²) in [5.41, 5.74) is 1.53. The van der Waals surface area contributed by atoms with Crippen LogP contribution in [0.2, 0.25) is 5.02 Å². The maximum atomic E-state index is 12.9. The Morgan fingerprint density at radius 3 is 2.55 bits per heavy atom. The molecule has 1 atom stereocenters. The van der Waals surface area contributed by atoms with Crippen molar-refractivity contribution < 1.29 is 13.2 Å². The number of amides is 1. The average molecular weight is 433 g/mol. The van der Waals surface area contributed by atoms with Crippen molar-refractivity contribution in [3.05, 3.63) is 59.1 Å². The first-order valence-electron chi connectivity index (χ1n) is 9.34. The van der Waals surface area contributed by atoms with Gasteiger partial charge in [0.25, 0.3) is 10.0 Å². The lowest BCUT2D eigenvalue weighted by molar-refractivity contribution is -0.132. The predicted molar refractivity (Wildman–Crippen MR) is 113 cm³/mol. The number of carbonyl (C=O) groups is 1. The predicted octanol–water partition coefficient (Wildman–Crippen LogP) is 2.12. The number of sulfonamides is 1. The van der Waals surface area contributed by atoms with Crippen LogP contribution in [0.5, 0.6) is 0 Å². The summed E-state index contributed by atoms with van der Waals surface area (Å²) in [6.45, 7) is 4.23. The molecule has 0 bridgehead atoms. The molecule has 1 amide bonds. The minimum Gasteiger partial charge on any atom is -0.368 e. The van der Waals surface area contributed by atoms with Gasteiger partial charge in [-0.3, -0.25) is 14.5 Å². The van der Waals surface area contributed by atoms with Crippen molar-refractivity contribution in [3.63, 3.8) is 0 Å². The van der Waals surface area contributed by atoms with Gasteiger partial charge in [0.05, 0.1) is 4.90 Å². The lowest BCUT2D eigenvalue weighted by atomic mass is 10.2. The Morgan fingerprint density at radius 2 is 1.83 bits per heavy atom. The molecule has 152 valence electrons. The van der Waals surface area contributed by atoms with Crippen LogP contribution in [0.1, 0.15) is 12.5 Å². The molecule has 0 saturated carbocycles. The van der Waals surface area contributed by atoms with Crippen LogP contribution in [-0.2, 0) is 14.8 Å². The summed E-state index contributed by atoms with van der Waals surface area (Å²) in [6, 6.07) is 13.6. The summed E-state index contributed by atoms with van der Waals surface area (Å²) in [5, 5.41) is 0.685. The molecule has 2 aliphatic rings. The van der Waals surface area contributed by atoms with Gasteiger partial charge in [0.2, 0.25) is 5.91 Å². The van der Waals surface area contributed by atoms with E-state index in [4.69, 9.17) is 11.6 Å². The number of nitrogens with zero attached hydrogens (tertiary/aromatic N) is 3. The van der Waals surface area contributed by atoms with E-state index in [1.807, 2.05) is 24.3 Å². The number of anilines is 1. The second-order valence-corrected chi connectivity index (χ2v) is 9.13. The van der Waals surface area contributed by atoms with Crippen molar-refractivity contribution in [2.24, 2.45) is 4.99 Å². The van der Waals surface area contributed by atoms with Gasteiger partial charge in [0, 0.05) is 42.5 Å². The number of halogens is 1. The van der Waals surface area contributed by atoms with Crippen molar-refractivity contribution in [3.8, 4) is 0 Å². The normalized spacial score (nSPS) is 20.3. The quantitative estimate of drug-likeness (QED) is 0.805. The minimum absolute atomic E-state index is 0.119. The first kappa shape index (κ1) is 19.7. The van der Waals surface area contributed by atoms with Crippen molar-refractivity contribution in [1.82, 2.24) is 9.62 Å². The third-order valence-electron chi connectivity index (χ3n) is 5.11. The van der Waals surface area contributed by atoms with Gasteiger partial charge in [-0.05, 0) is 37.3 Å². The molecule has 1 saturated heterocycles. The smallest absolute Gasteiger partial charge is 0.263 e. The Morgan fingerprint density at radius 1 is 1.10 bits per heavy atom. The van der Waals surface area contributed by atoms with E-state index in [1.165, 1.54) is 6.07 Å². The number of carbonyl (C=O) groups excluding carboxylic acids is 1. The molecule has 4 rings (SSSR count). The monoisotopic (exact) mass is 432 g/mol.